The number of benzene rings is 1. The molecule has 0 saturated carbocycles. The third-order valence-corrected chi connectivity index (χ3v) is 2.98. The van der Waals surface area contributed by atoms with E-state index in [0.717, 1.165) is 10.0 Å². The first-order valence-electron chi connectivity index (χ1n) is 4.95. The summed E-state index contributed by atoms with van der Waals surface area (Å²) in [5.74, 6) is 0. The van der Waals surface area contributed by atoms with E-state index in [1.54, 1.807) is 0 Å². The first-order valence-corrected chi connectivity index (χ1v) is 5.74. The maximum Gasteiger partial charge on any atom is 0.0985 e. The van der Waals surface area contributed by atoms with Gasteiger partial charge in [-0.25, -0.2) is 0 Å². The lowest BCUT2D eigenvalue weighted by molar-refractivity contribution is 0.0265. The smallest absolute Gasteiger partial charge is 0.0985 e. The first kappa shape index (κ1) is 11.1. The van der Waals surface area contributed by atoms with Crippen molar-refractivity contribution >= 4 is 15.9 Å². The van der Waals surface area contributed by atoms with Crippen LogP contribution in [0.25, 0.3) is 0 Å². The fourth-order valence-corrected chi connectivity index (χ4v) is 1.77. The summed E-state index contributed by atoms with van der Waals surface area (Å²) in [6.45, 7) is 1.80. The number of halogens is 1. The minimum Gasteiger partial charge on any atom is -0.377 e. The fourth-order valence-electron chi connectivity index (χ4n) is 1.51. The highest BCUT2D eigenvalue weighted by Crippen LogP contribution is 2.14. The number of rotatable bonds is 3. The third-order valence-electron chi connectivity index (χ3n) is 2.45. The Morgan fingerprint density at radius 2 is 2.07 bits per heavy atom. The van der Waals surface area contributed by atoms with Crippen LogP contribution in [-0.2, 0) is 16.1 Å². The molecule has 1 fully saturated rings. The molecule has 1 aromatic carbocycles. The van der Waals surface area contributed by atoms with Gasteiger partial charge in [-0.05, 0) is 17.7 Å². The van der Waals surface area contributed by atoms with Crippen molar-refractivity contribution in [3.8, 4) is 0 Å². The molecule has 4 heteroatoms. The summed E-state index contributed by atoms with van der Waals surface area (Å²) in [5, 5.41) is 0. The quantitative estimate of drug-likeness (QED) is 0.910. The van der Waals surface area contributed by atoms with Crippen molar-refractivity contribution in [3.05, 3.63) is 34.3 Å². The molecule has 0 bridgehead atoms. The van der Waals surface area contributed by atoms with E-state index in [4.69, 9.17) is 15.2 Å². The van der Waals surface area contributed by atoms with E-state index in [0.29, 0.717) is 19.8 Å². The van der Waals surface area contributed by atoms with E-state index in [2.05, 4.69) is 15.9 Å². The van der Waals surface area contributed by atoms with Crippen molar-refractivity contribution in [3.63, 3.8) is 0 Å². The van der Waals surface area contributed by atoms with Crippen molar-refractivity contribution in [2.75, 3.05) is 13.2 Å². The summed E-state index contributed by atoms with van der Waals surface area (Å²) in [5.41, 5.74) is 6.96. The molecule has 0 aliphatic carbocycles. The van der Waals surface area contributed by atoms with Crippen LogP contribution in [0.1, 0.15) is 5.56 Å². The Hall–Kier alpha value is -0.420. The lowest BCUT2D eigenvalue weighted by Gasteiger charge is -2.14. The zero-order chi connectivity index (χ0) is 10.7. The summed E-state index contributed by atoms with van der Waals surface area (Å²) in [7, 11) is 0. The number of nitrogens with two attached hydrogens (primary N) is 1. The maximum atomic E-state index is 5.81. The van der Waals surface area contributed by atoms with Crippen LogP contribution in [0, 0.1) is 0 Å². The average Bonchev–Trinajstić information content (AvgIpc) is 2.63. The molecule has 2 rings (SSSR count). The molecule has 1 aliphatic heterocycles. The van der Waals surface area contributed by atoms with Gasteiger partial charge in [-0.1, -0.05) is 28.1 Å². The van der Waals surface area contributed by atoms with Crippen LogP contribution in [0.15, 0.2) is 28.7 Å². The van der Waals surface area contributed by atoms with Gasteiger partial charge in [0.05, 0.1) is 32.0 Å². The van der Waals surface area contributed by atoms with Crippen LogP contribution in [0.3, 0.4) is 0 Å². The van der Waals surface area contributed by atoms with Crippen molar-refractivity contribution in [1.29, 1.82) is 0 Å². The number of hydrogen-bond donors (Lipinski definition) is 1. The van der Waals surface area contributed by atoms with E-state index < -0.39 is 0 Å². The zero-order valence-electron chi connectivity index (χ0n) is 8.36. The van der Waals surface area contributed by atoms with Gasteiger partial charge in [-0.15, -0.1) is 0 Å². The molecule has 3 nitrogen and oxygen atoms in total. The van der Waals surface area contributed by atoms with E-state index >= 15 is 0 Å². The molecular formula is C11H14BrNO2. The first-order chi connectivity index (χ1) is 7.25. The van der Waals surface area contributed by atoms with Crippen molar-refractivity contribution < 1.29 is 9.47 Å². The largest absolute Gasteiger partial charge is 0.377 e. The van der Waals surface area contributed by atoms with Crippen LogP contribution in [0.2, 0.25) is 0 Å². The zero-order valence-corrected chi connectivity index (χ0v) is 9.94. The number of ether oxygens (including phenoxy) is 2. The van der Waals surface area contributed by atoms with Crippen molar-refractivity contribution in [1.82, 2.24) is 0 Å². The molecule has 15 heavy (non-hydrogen) atoms. The van der Waals surface area contributed by atoms with Crippen LogP contribution in [0.5, 0.6) is 0 Å². The van der Waals surface area contributed by atoms with Crippen LogP contribution >= 0.6 is 15.9 Å². The second kappa shape index (κ2) is 5.07. The highest BCUT2D eigenvalue weighted by atomic mass is 79.9. The van der Waals surface area contributed by atoms with Gasteiger partial charge in [0.25, 0.3) is 0 Å². The Kier molecular flexibility index (Phi) is 3.75. The van der Waals surface area contributed by atoms with Gasteiger partial charge in [-0.2, -0.15) is 0 Å². The molecule has 0 unspecified atom stereocenters. The summed E-state index contributed by atoms with van der Waals surface area (Å²) in [4.78, 5) is 0. The van der Waals surface area contributed by atoms with Gasteiger partial charge < -0.3 is 15.2 Å². The van der Waals surface area contributed by atoms with Crippen molar-refractivity contribution in [2.45, 2.75) is 18.8 Å². The normalized spacial score (nSPS) is 25.7. The van der Waals surface area contributed by atoms with Crippen LogP contribution in [-0.4, -0.2) is 25.4 Å². The summed E-state index contributed by atoms with van der Waals surface area (Å²) in [6.07, 6.45) is 0.0358. The molecule has 0 aromatic heterocycles. The fraction of sp³-hybridized carbons (Fsp3) is 0.455. The highest BCUT2D eigenvalue weighted by Gasteiger charge is 2.25. The van der Waals surface area contributed by atoms with Crippen LogP contribution < -0.4 is 5.73 Å². The van der Waals surface area contributed by atoms with Gasteiger partial charge >= 0.3 is 0 Å². The molecule has 1 aromatic rings. The van der Waals surface area contributed by atoms with E-state index in [1.165, 1.54) is 0 Å². The summed E-state index contributed by atoms with van der Waals surface area (Å²) in [6, 6.07) is 8.09. The second-order valence-corrected chi connectivity index (χ2v) is 4.59. The van der Waals surface area contributed by atoms with E-state index in [1.807, 2.05) is 24.3 Å². The van der Waals surface area contributed by atoms with Gasteiger partial charge in [-0.3, -0.25) is 0 Å². The van der Waals surface area contributed by atoms with Gasteiger partial charge in [0.2, 0.25) is 0 Å². The van der Waals surface area contributed by atoms with Gasteiger partial charge in [0.1, 0.15) is 0 Å². The molecule has 2 N–H and O–H groups in total. The second-order valence-electron chi connectivity index (χ2n) is 3.68. The molecule has 1 heterocycles. The van der Waals surface area contributed by atoms with Crippen LogP contribution in [0.4, 0.5) is 0 Å². The summed E-state index contributed by atoms with van der Waals surface area (Å²) < 4.78 is 12.0. The molecule has 0 spiro atoms. The van der Waals surface area contributed by atoms with E-state index in [9.17, 15) is 0 Å². The predicted octanol–water partition coefficient (Wildman–Crippen LogP) is 1.69. The Morgan fingerprint density at radius 1 is 1.33 bits per heavy atom. The lowest BCUT2D eigenvalue weighted by atomic mass is 10.2. The monoisotopic (exact) mass is 271 g/mol. The van der Waals surface area contributed by atoms with Gasteiger partial charge in [0, 0.05) is 4.47 Å². The highest BCUT2D eigenvalue weighted by molar-refractivity contribution is 9.10. The molecule has 1 saturated heterocycles. The molecule has 1 aliphatic rings. The molecule has 0 amide bonds. The predicted molar refractivity (Wildman–Crippen MR) is 61.5 cm³/mol. The van der Waals surface area contributed by atoms with Crippen molar-refractivity contribution in [2.24, 2.45) is 5.73 Å². The minimum atomic E-state index is 0.0143. The standard InChI is InChI=1S/C11H14BrNO2/c12-9-3-1-8(2-4-9)5-15-11-7-14-6-10(11)13/h1-4,10-11H,5-7,13H2/t10-,11-/m1/s1. The Bertz CT molecular complexity index is 315. The third kappa shape index (κ3) is 3.01. The average molecular weight is 272 g/mol. The molecule has 0 radical (unpaired) electrons. The topological polar surface area (TPSA) is 44.5 Å². The van der Waals surface area contributed by atoms with E-state index in [-0.39, 0.29) is 12.1 Å². The maximum absolute atomic E-state index is 5.81. The molecule has 82 valence electrons. The lowest BCUT2D eigenvalue weighted by Crippen LogP contribution is -2.34. The Balaban J connectivity index is 1.85. The molecular weight excluding hydrogens is 258 g/mol. The van der Waals surface area contributed by atoms with Gasteiger partial charge in [0.15, 0.2) is 0 Å². The SMILES string of the molecule is N[C@@H]1COC[C@H]1OCc1ccc(Br)cc1. The summed E-state index contributed by atoms with van der Waals surface area (Å²) >= 11 is 3.39. The Labute approximate surface area is 97.7 Å². The molecule has 2 atom stereocenters. The Morgan fingerprint density at radius 3 is 2.67 bits per heavy atom. The number of hydrogen-bond acceptors (Lipinski definition) is 3. The minimum absolute atomic E-state index is 0.0143.